The molecule has 0 aliphatic carbocycles. The first-order valence-corrected chi connectivity index (χ1v) is 4.60. The first-order valence-electron chi connectivity index (χ1n) is 4.60. The zero-order chi connectivity index (χ0) is 10.8. The van der Waals surface area contributed by atoms with E-state index in [1.54, 1.807) is 20.4 Å². The van der Waals surface area contributed by atoms with Crippen molar-refractivity contribution in [1.29, 1.82) is 0 Å². The van der Waals surface area contributed by atoms with Gasteiger partial charge in [0.25, 0.3) is 0 Å². The van der Waals surface area contributed by atoms with E-state index in [1.165, 1.54) is 0 Å². The van der Waals surface area contributed by atoms with Crippen molar-refractivity contribution in [3.8, 4) is 5.75 Å². The van der Waals surface area contributed by atoms with E-state index in [0.717, 1.165) is 16.8 Å². The topological polar surface area (TPSA) is 59.9 Å². The number of hydrogen-bond acceptors (Lipinski definition) is 5. The van der Waals surface area contributed by atoms with E-state index in [9.17, 15) is 0 Å². The molecule has 2 rings (SSSR count). The second-order valence-corrected chi connectivity index (χ2v) is 3.13. The highest BCUT2D eigenvalue weighted by atomic mass is 16.5. The number of nitrogens with one attached hydrogen (secondary N) is 1. The highest BCUT2D eigenvalue weighted by molar-refractivity contribution is 5.76. The number of aromatic nitrogens is 3. The molecule has 0 atom stereocenters. The number of fused-ring (bicyclic) bond motifs is 1. The molecule has 2 heterocycles. The largest absolute Gasteiger partial charge is 0.495 e. The van der Waals surface area contributed by atoms with Crippen molar-refractivity contribution >= 4 is 17.0 Å². The summed E-state index contributed by atoms with van der Waals surface area (Å²) < 4.78 is 5.18. The molecule has 0 fully saturated rings. The van der Waals surface area contributed by atoms with Gasteiger partial charge in [-0.1, -0.05) is 0 Å². The predicted molar refractivity (Wildman–Crippen MR) is 58.2 cm³/mol. The third-order valence-electron chi connectivity index (χ3n) is 2.16. The molecule has 0 bridgehead atoms. The molecular formula is C10H12N4O. The summed E-state index contributed by atoms with van der Waals surface area (Å²) in [5, 5.41) is 3.75. The number of pyridine rings is 1. The molecule has 1 N–H and O–H groups in total. The molecule has 78 valence electrons. The molecule has 2 aromatic rings. The fraction of sp³-hybridized carbons (Fsp3) is 0.300. The number of methoxy groups -OCH3 is 1. The van der Waals surface area contributed by atoms with Crippen molar-refractivity contribution in [2.75, 3.05) is 19.5 Å². The molecule has 5 heteroatoms. The number of rotatable bonds is 2. The van der Waals surface area contributed by atoms with Crippen molar-refractivity contribution in [1.82, 2.24) is 15.0 Å². The molecule has 0 aromatic carbocycles. The summed E-state index contributed by atoms with van der Waals surface area (Å²) in [6.07, 6.45) is 1.73. The van der Waals surface area contributed by atoms with Gasteiger partial charge < -0.3 is 10.1 Å². The maximum Gasteiger partial charge on any atom is 0.224 e. The van der Waals surface area contributed by atoms with Crippen LogP contribution in [0.15, 0.2) is 12.3 Å². The molecule has 0 aliphatic rings. The van der Waals surface area contributed by atoms with Crippen LogP contribution < -0.4 is 10.1 Å². The van der Waals surface area contributed by atoms with Crippen molar-refractivity contribution < 1.29 is 4.74 Å². The summed E-state index contributed by atoms with van der Waals surface area (Å²) in [5.41, 5.74) is 1.50. The van der Waals surface area contributed by atoms with E-state index < -0.39 is 0 Å². The highest BCUT2D eigenvalue weighted by Crippen LogP contribution is 2.20. The zero-order valence-electron chi connectivity index (χ0n) is 8.90. The average Bonchev–Trinajstić information content (AvgIpc) is 2.27. The van der Waals surface area contributed by atoms with Gasteiger partial charge in [-0.15, -0.1) is 0 Å². The van der Waals surface area contributed by atoms with Crippen molar-refractivity contribution in [3.63, 3.8) is 0 Å². The first-order chi connectivity index (χ1) is 7.24. The second kappa shape index (κ2) is 3.68. The van der Waals surface area contributed by atoms with Crippen LogP contribution in [0.1, 0.15) is 5.69 Å². The predicted octanol–water partition coefficient (Wildman–Crippen LogP) is 1.38. The molecule has 0 unspecified atom stereocenters. The Balaban J connectivity index is 2.65. The second-order valence-electron chi connectivity index (χ2n) is 3.13. The number of nitrogens with zero attached hydrogens (tertiary/aromatic N) is 3. The van der Waals surface area contributed by atoms with Crippen LogP contribution in [0.3, 0.4) is 0 Å². The third kappa shape index (κ3) is 1.68. The van der Waals surface area contributed by atoms with E-state index >= 15 is 0 Å². The van der Waals surface area contributed by atoms with E-state index in [0.29, 0.717) is 11.6 Å². The van der Waals surface area contributed by atoms with Gasteiger partial charge in [-0.25, -0.2) is 9.97 Å². The number of hydrogen-bond donors (Lipinski definition) is 1. The smallest absolute Gasteiger partial charge is 0.224 e. The Morgan fingerprint density at radius 2 is 2.13 bits per heavy atom. The summed E-state index contributed by atoms with van der Waals surface area (Å²) in [5.74, 6) is 1.32. The minimum atomic E-state index is 0.569. The van der Waals surface area contributed by atoms with E-state index in [2.05, 4.69) is 20.3 Å². The summed E-state index contributed by atoms with van der Waals surface area (Å²) in [6.45, 7) is 1.89. The van der Waals surface area contributed by atoms with Crippen LogP contribution in [-0.4, -0.2) is 29.1 Å². The van der Waals surface area contributed by atoms with Crippen LogP contribution in [-0.2, 0) is 0 Å². The van der Waals surface area contributed by atoms with Gasteiger partial charge >= 0.3 is 0 Å². The lowest BCUT2D eigenvalue weighted by Crippen LogP contribution is -1.98. The number of anilines is 1. The van der Waals surface area contributed by atoms with Gasteiger partial charge in [-0.05, 0) is 13.0 Å². The number of aryl methyl sites for hydroxylation is 1. The lowest BCUT2D eigenvalue weighted by atomic mass is 10.3. The SMILES string of the molecule is CNc1ncc2cc(OC)c(C)nc2n1. The number of ether oxygens (including phenoxy) is 1. The van der Waals surface area contributed by atoms with Crippen LogP contribution in [0.4, 0.5) is 5.95 Å². The van der Waals surface area contributed by atoms with Gasteiger partial charge in [0.2, 0.25) is 5.95 Å². The van der Waals surface area contributed by atoms with E-state index in [1.807, 2.05) is 13.0 Å². The fourth-order valence-corrected chi connectivity index (χ4v) is 1.36. The molecule has 0 aliphatic heterocycles. The van der Waals surface area contributed by atoms with Gasteiger partial charge in [0.1, 0.15) is 5.75 Å². The Bertz CT molecular complexity index is 498. The highest BCUT2D eigenvalue weighted by Gasteiger charge is 2.05. The molecule has 2 aromatic heterocycles. The minimum Gasteiger partial charge on any atom is -0.495 e. The van der Waals surface area contributed by atoms with Gasteiger partial charge in [0, 0.05) is 18.6 Å². The van der Waals surface area contributed by atoms with Crippen LogP contribution in [0.5, 0.6) is 5.75 Å². The van der Waals surface area contributed by atoms with Gasteiger partial charge in [-0.3, -0.25) is 0 Å². The van der Waals surface area contributed by atoms with Gasteiger partial charge in [0.15, 0.2) is 5.65 Å². The van der Waals surface area contributed by atoms with Crippen molar-refractivity contribution in [2.24, 2.45) is 0 Å². The summed E-state index contributed by atoms with van der Waals surface area (Å²) in [4.78, 5) is 12.7. The molecule has 0 saturated carbocycles. The lowest BCUT2D eigenvalue weighted by molar-refractivity contribution is 0.410. The van der Waals surface area contributed by atoms with Gasteiger partial charge in [0.05, 0.1) is 12.8 Å². The Labute approximate surface area is 87.5 Å². The van der Waals surface area contributed by atoms with Crippen molar-refractivity contribution in [3.05, 3.63) is 18.0 Å². The monoisotopic (exact) mass is 204 g/mol. The van der Waals surface area contributed by atoms with E-state index in [4.69, 9.17) is 4.74 Å². The van der Waals surface area contributed by atoms with E-state index in [-0.39, 0.29) is 0 Å². The Morgan fingerprint density at radius 1 is 1.33 bits per heavy atom. The maximum atomic E-state index is 5.18. The molecule has 0 radical (unpaired) electrons. The van der Waals surface area contributed by atoms with Crippen LogP contribution in [0.2, 0.25) is 0 Å². The molecule has 15 heavy (non-hydrogen) atoms. The summed E-state index contributed by atoms with van der Waals surface area (Å²) in [7, 11) is 3.40. The average molecular weight is 204 g/mol. The lowest BCUT2D eigenvalue weighted by Gasteiger charge is -2.05. The summed E-state index contributed by atoms with van der Waals surface area (Å²) >= 11 is 0. The minimum absolute atomic E-state index is 0.569. The normalized spacial score (nSPS) is 10.3. The Hall–Kier alpha value is -1.91. The third-order valence-corrected chi connectivity index (χ3v) is 2.16. The molecule has 0 spiro atoms. The standard InChI is InChI=1S/C10H12N4O/c1-6-8(15-3)4-7-5-12-10(11-2)14-9(7)13-6/h4-5H,1-3H3,(H,11,12,13,14). The Morgan fingerprint density at radius 3 is 2.80 bits per heavy atom. The maximum absolute atomic E-state index is 5.18. The molecule has 0 amide bonds. The fourth-order valence-electron chi connectivity index (χ4n) is 1.36. The first kappa shape index (κ1) is 9.64. The Kier molecular flexibility index (Phi) is 2.37. The van der Waals surface area contributed by atoms with Crippen LogP contribution in [0.25, 0.3) is 11.0 Å². The molecular weight excluding hydrogens is 192 g/mol. The van der Waals surface area contributed by atoms with Gasteiger partial charge in [-0.2, -0.15) is 4.98 Å². The quantitative estimate of drug-likeness (QED) is 0.800. The van der Waals surface area contributed by atoms with Crippen LogP contribution >= 0.6 is 0 Å². The zero-order valence-corrected chi connectivity index (χ0v) is 8.90. The molecule has 5 nitrogen and oxygen atoms in total. The van der Waals surface area contributed by atoms with Crippen molar-refractivity contribution in [2.45, 2.75) is 6.92 Å². The van der Waals surface area contributed by atoms with Crippen LogP contribution in [0, 0.1) is 6.92 Å². The summed E-state index contributed by atoms with van der Waals surface area (Å²) in [6, 6.07) is 1.89. The molecule has 0 saturated heterocycles.